The highest BCUT2D eigenvalue weighted by Crippen LogP contribution is 2.40. The van der Waals surface area contributed by atoms with Gasteiger partial charge in [0.15, 0.2) is 0 Å². The van der Waals surface area contributed by atoms with Crippen LogP contribution in [0.15, 0.2) is 59.5 Å². The van der Waals surface area contributed by atoms with E-state index < -0.39 is 0 Å². The fraction of sp³-hybridized carbons (Fsp3) is 0.545. The second kappa shape index (κ2) is 16.1. The van der Waals surface area contributed by atoms with Gasteiger partial charge in [0.25, 0.3) is 0 Å². The lowest BCUT2D eigenvalue weighted by Gasteiger charge is -2.34. The molecule has 0 aliphatic carbocycles. The molecule has 0 aromatic heterocycles. The van der Waals surface area contributed by atoms with Gasteiger partial charge < -0.3 is 9.64 Å². The van der Waals surface area contributed by atoms with E-state index in [1.807, 2.05) is 11.8 Å². The maximum absolute atomic E-state index is 12.0. The Morgan fingerprint density at radius 1 is 0.842 bits per heavy atom. The molecule has 2 aliphatic heterocycles. The van der Waals surface area contributed by atoms with Gasteiger partial charge in [0, 0.05) is 56.3 Å². The summed E-state index contributed by atoms with van der Waals surface area (Å²) < 4.78 is 5.51. The molecular weight excluding hydrogens is 488 g/mol. The molecule has 4 nitrogen and oxygen atoms in total. The fourth-order valence-electron chi connectivity index (χ4n) is 5.46. The SMILES string of the molecule is CCCCCCCCCC(=O)OCCN1CCN(CC/C=C2/c3ccccc3CSc3ccccc32)CC1. The summed E-state index contributed by atoms with van der Waals surface area (Å²) in [5, 5.41) is 0. The molecule has 206 valence electrons. The standard InChI is InChI=1S/C33H46N2O2S/c1-2-3-4-5-6-7-8-19-33(36)37-26-25-35-23-21-34(22-24-35)20-13-17-30-29-15-10-9-14-28(29)27-38-32-18-12-11-16-31(30)32/h9-12,14-18H,2-8,13,19-27H2,1H3/b30-17-. The quantitative estimate of drug-likeness (QED) is 0.186. The van der Waals surface area contributed by atoms with Crippen molar-refractivity contribution < 1.29 is 9.53 Å². The van der Waals surface area contributed by atoms with Crippen LogP contribution in [0.3, 0.4) is 0 Å². The van der Waals surface area contributed by atoms with Crippen LogP contribution >= 0.6 is 11.8 Å². The molecule has 38 heavy (non-hydrogen) atoms. The van der Waals surface area contributed by atoms with Crippen LogP contribution in [0.4, 0.5) is 0 Å². The highest BCUT2D eigenvalue weighted by Gasteiger charge is 2.19. The number of rotatable bonds is 14. The summed E-state index contributed by atoms with van der Waals surface area (Å²) in [6, 6.07) is 17.7. The van der Waals surface area contributed by atoms with Gasteiger partial charge in [-0.3, -0.25) is 9.69 Å². The van der Waals surface area contributed by atoms with Crippen molar-refractivity contribution in [3.05, 3.63) is 71.3 Å². The zero-order valence-electron chi connectivity index (χ0n) is 23.3. The number of piperazine rings is 1. The molecule has 0 spiro atoms. The largest absolute Gasteiger partial charge is 0.464 e. The Hall–Kier alpha value is -2.08. The van der Waals surface area contributed by atoms with E-state index in [-0.39, 0.29) is 5.97 Å². The maximum Gasteiger partial charge on any atom is 0.305 e. The van der Waals surface area contributed by atoms with Crippen molar-refractivity contribution in [3.8, 4) is 0 Å². The van der Waals surface area contributed by atoms with E-state index in [1.54, 1.807) is 0 Å². The molecule has 0 radical (unpaired) electrons. The Bertz CT molecular complexity index is 980. The summed E-state index contributed by atoms with van der Waals surface area (Å²) in [4.78, 5) is 18.4. The number of benzene rings is 2. The lowest BCUT2D eigenvalue weighted by molar-refractivity contribution is -0.144. The third-order valence-corrected chi connectivity index (χ3v) is 8.90. The fourth-order valence-corrected chi connectivity index (χ4v) is 6.53. The summed E-state index contributed by atoms with van der Waals surface area (Å²) in [5.74, 6) is 1.01. The number of thioether (sulfide) groups is 1. The monoisotopic (exact) mass is 534 g/mol. The molecule has 0 bridgehead atoms. The minimum atomic E-state index is -0.0229. The first-order chi connectivity index (χ1) is 18.7. The first kappa shape index (κ1) is 28.9. The van der Waals surface area contributed by atoms with Gasteiger partial charge in [-0.2, -0.15) is 0 Å². The third-order valence-electron chi connectivity index (χ3n) is 7.78. The Morgan fingerprint density at radius 3 is 2.29 bits per heavy atom. The van der Waals surface area contributed by atoms with Gasteiger partial charge in [0.2, 0.25) is 0 Å². The maximum atomic E-state index is 12.0. The highest BCUT2D eigenvalue weighted by atomic mass is 32.2. The van der Waals surface area contributed by atoms with Crippen LogP contribution in [0, 0.1) is 0 Å². The average molecular weight is 535 g/mol. The first-order valence-corrected chi connectivity index (χ1v) is 15.8. The number of esters is 1. The number of hydrogen-bond donors (Lipinski definition) is 0. The van der Waals surface area contributed by atoms with E-state index in [1.165, 1.54) is 59.3 Å². The normalized spacial score (nSPS) is 17.1. The zero-order valence-corrected chi connectivity index (χ0v) is 24.2. The zero-order chi connectivity index (χ0) is 26.4. The number of hydrogen-bond acceptors (Lipinski definition) is 5. The third kappa shape index (κ3) is 9.00. The van der Waals surface area contributed by atoms with E-state index >= 15 is 0 Å². The van der Waals surface area contributed by atoms with Gasteiger partial charge in [0.1, 0.15) is 6.61 Å². The van der Waals surface area contributed by atoms with Crippen LogP contribution in [-0.2, 0) is 15.3 Å². The van der Waals surface area contributed by atoms with E-state index in [4.69, 9.17) is 4.74 Å². The molecule has 0 N–H and O–H groups in total. The van der Waals surface area contributed by atoms with Crippen molar-refractivity contribution in [1.29, 1.82) is 0 Å². The van der Waals surface area contributed by atoms with Crippen molar-refractivity contribution in [1.82, 2.24) is 9.80 Å². The predicted octanol–water partition coefficient (Wildman–Crippen LogP) is 7.42. The highest BCUT2D eigenvalue weighted by molar-refractivity contribution is 7.98. The lowest BCUT2D eigenvalue weighted by atomic mass is 9.93. The lowest BCUT2D eigenvalue weighted by Crippen LogP contribution is -2.47. The van der Waals surface area contributed by atoms with Gasteiger partial charge in [-0.15, -0.1) is 11.8 Å². The minimum absolute atomic E-state index is 0.0229. The molecule has 0 saturated carbocycles. The molecule has 2 heterocycles. The predicted molar refractivity (Wildman–Crippen MR) is 161 cm³/mol. The number of carbonyl (C=O) groups is 1. The molecular formula is C33H46N2O2S. The number of unbranched alkanes of at least 4 members (excludes halogenated alkanes) is 6. The van der Waals surface area contributed by atoms with Gasteiger partial charge in [-0.05, 0) is 41.2 Å². The van der Waals surface area contributed by atoms with E-state index in [9.17, 15) is 4.79 Å². The Labute approximate surface area is 234 Å². The molecule has 5 heteroatoms. The summed E-state index contributed by atoms with van der Waals surface area (Å²) in [6.45, 7) is 8.97. The van der Waals surface area contributed by atoms with Crippen molar-refractivity contribution in [2.45, 2.75) is 75.4 Å². The van der Waals surface area contributed by atoms with Gasteiger partial charge in [0.05, 0.1) is 0 Å². The molecule has 2 aliphatic rings. The summed E-state index contributed by atoms with van der Waals surface area (Å²) in [6.07, 6.45) is 12.7. The molecule has 1 fully saturated rings. The van der Waals surface area contributed by atoms with Gasteiger partial charge in [-0.1, -0.05) is 94.0 Å². The van der Waals surface area contributed by atoms with Crippen molar-refractivity contribution in [2.24, 2.45) is 0 Å². The van der Waals surface area contributed by atoms with Crippen LogP contribution in [0.1, 0.15) is 81.4 Å². The summed E-state index contributed by atoms with van der Waals surface area (Å²) >= 11 is 1.95. The van der Waals surface area contributed by atoms with E-state index in [0.29, 0.717) is 13.0 Å². The van der Waals surface area contributed by atoms with Crippen LogP contribution in [0.2, 0.25) is 0 Å². The van der Waals surface area contributed by atoms with Crippen LogP contribution < -0.4 is 0 Å². The number of fused-ring (bicyclic) bond motifs is 2. The molecule has 0 amide bonds. The van der Waals surface area contributed by atoms with E-state index in [0.717, 1.165) is 64.3 Å². The van der Waals surface area contributed by atoms with Crippen LogP contribution in [0.5, 0.6) is 0 Å². The van der Waals surface area contributed by atoms with Crippen LogP contribution in [-0.4, -0.2) is 61.6 Å². The Balaban J connectivity index is 1.14. The minimum Gasteiger partial charge on any atom is -0.464 e. The first-order valence-electron chi connectivity index (χ1n) is 14.9. The molecule has 0 atom stereocenters. The second-order valence-electron chi connectivity index (χ2n) is 10.6. The smallest absolute Gasteiger partial charge is 0.305 e. The topological polar surface area (TPSA) is 32.8 Å². The number of carbonyl (C=O) groups excluding carboxylic acids is 1. The molecule has 2 aromatic rings. The summed E-state index contributed by atoms with van der Waals surface area (Å²) in [7, 11) is 0. The average Bonchev–Trinajstić information content (AvgIpc) is 3.10. The van der Waals surface area contributed by atoms with Crippen molar-refractivity contribution in [2.75, 3.05) is 45.9 Å². The van der Waals surface area contributed by atoms with Gasteiger partial charge in [-0.25, -0.2) is 0 Å². The Kier molecular flexibility index (Phi) is 12.3. The Morgan fingerprint density at radius 2 is 1.50 bits per heavy atom. The molecule has 2 aromatic carbocycles. The number of ether oxygens (including phenoxy) is 1. The van der Waals surface area contributed by atoms with E-state index in [2.05, 4.69) is 71.3 Å². The van der Waals surface area contributed by atoms with Crippen molar-refractivity contribution >= 4 is 23.3 Å². The summed E-state index contributed by atoms with van der Waals surface area (Å²) in [5.41, 5.74) is 5.57. The molecule has 4 rings (SSSR count). The molecule has 0 unspecified atom stereocenters. The van der Waals surface area contributed by atoms with Crippen LogP contribution in [0.25, 0.3) is 5.57 Å². The molecule has 1 saturated heterocycles. The number of nitrogens with zero attached hydrogens (tertiary/aromatic N) is 2. The van der Waals surface area contributed by atoms with Crippen molar-refractivity contribution in [3.63, 3.8) is 0 Å². The second-order valence-corrected chi connectivity index (χ2v) is 11.6. The van der Waals surface area contributed by atoms with Gasteiger partial charge >= 0.3 is 5.97 Å².